The molecule has 7 heteroatoms. The van der Waals surface area contributed by atoms with Gasteiger partial charge in [0.1, 0.15) is 0 Å². The van der Waals surface area contributed by atoms with E-state index < -0.39 is 35.7 Å². The SMILES string of the molecule is NCC(C(=O)O)c1cnccc1C(F)(F)F. The van der Waals surface area contributed by atoms with E-state index in [1.165, 1.54) is 0 Å². The number of halogens is 3. The van der Waals surface area contributed by atoms with Crippen LogP contribution in [-0.2, 0) is 11.0 Å². The zero-order valence-electron chi connectivity index (χ0n) is 8.03. The minimum atomic E-state index is -4.61. The fourth-order valence-corrected chi connectivity index (χ4v) is 1.30. The Morgan fingerprint density at radius 2 is 2.19 bits per heavy atom. The molecule has 0 radical (unpaired) electrons. The highest BCUT2D eigenvalue weighted by molar-refractivity contribution is 5.76. The van der Waals surface area contributed by atoms with E-state index >= 15 is 0 Å². The fourth-order valence-electron chi connectivity index (χ4n) is 1.30. The quantitative estimate of drug-likeness (QED) is 0.824. The van der Waals surface area contributed by atoms with Crippen LogP contribution in [0.1, 0.15) is 17.0 Å². The minimum absolute atomic E-state index is 0.412. The van der Waals surface area contributed by atoms with Crippen molar-refractivity contribution < 1.29 is 23.1 Å². The summed E-state index contributed by atoms with van der Waals surface area (Å²) in [7, 11) is 0. The van der Waals surface area contributed by atoms with E-state index in [1.807, 2.05) is 0 Å². The van der Waals surface area contributed by atoms with Gasteiger partial charge in [-0.25, -0.2) is 0 Å². The van der Waals surface area contributed by atoms with Crippen molar-refractivity contribution in [1.82, 2.24) is 4.98 Å². The largest absolute Gasteiger partial charge is 0.481 e. The number of hydrogen-bond acceptors (Lipinski definition) is 3. The number of carboxylic acid groups (broad SMARTS) is 1. The summed E-state index contributed by atoms with van der Waals surface area (Å²) in [4.78, 5) is 14.2. The van der Waals surface area contributed by atoms with Crippen molar-refractivity contribution in [2.45, 2.75) is 12.1 Å². The molecule has 0 saturated carbocycles. The van der Waals surface area contributed by atoms with E-state index in [4.69, 9.17) is 10.8 Å². The molecule has 3 N–H and O–H groups in total. The first-order valence-corrected chi connectivity index (χ1v) is 4.32. The van der Waals surface area contributed by atoms with Crippen molar-refractivity contribution in [2.75, 3.05) is 6.54 Å². The third-order valence-electron chi connectivity index (χ3n) is 2.07. The summed E-state index contributed by atoms with van der Waals surface area (Å²) >= 11 is 0. The Morgan fingerprint density at radius 1 is 1.56 bits per heavy atom. The first kappa shape index (κ1) is 12.4. The molecule has 1 rings (SSSR count). The second-order valence-corrected chi connectivity index (χ2v) is 3.09. The Hall–Kier alpha value is -1.63. The van der Waals surface area contributed by atoms with Crippen LogP contribution in [0, 0.1) is 0 Å². The van der Waals surface area contributed by atoms with Gasteiger partial charge in [-0.15, -0.1) is 0 Å². The molecule has 0 aromatic carbocycles. The molecule has 0 spiro atoms. The fraction of sp³-hybridized carbons (Fsp3) is 0.333. The average molecular weight is 234 g/mol. The molecule has 0 fully saturated rings. The molecule has 0 bridgehead atoms. The number of pyridine rings is 1. The molecule has 0 aliphatic heterocycles. The second kappa shape index (κ2) is 4.48. The smallest absolute Gasteiger partial charge is 0.416 e. The molecule has 0 aliphatic rings. The third-order valence-corrected chi connectivity index (χ3v) is 2.07. The summed E-state index contributed by atoms with van der Waals surface area (Å²) in [5, 5.41) is 8.74. The molecular weight excluding hydrogens is 225 g/mol. The average Bonchev–Trinajstić information content (AvgIpc) is 2.17. The van der Waals surface area contributed by atoms with Crippen LogP contribution in [0.15, 0.2) is 18.5 Å². The van der Waals surface area contributed by atoms with E-state index in [0.29, 0.717) is 0 Å². The van der Waals surface area contributed by atoms with Crippen molar-refractivity contribution in [1.29, 1.82) is 0 Å². The number of rotatable bonds is 3. The lowest BCUT2D eigenvalue weighted by Gasteiger charge is -2.16. The maximum atomic E-state index is 12.5. The van der Waals surface area contributed by atoms with Gasteiger partial charge in [-0.05, 0) is 11.6 Å². The van der Waals surface area contributed by atoms with Crippen LogP contribution in [0.3, 0.4) is 0 Å². The van der Waals surface area contributed by atoms with Crippen LogP contribution in [0.25, 0.3) is 0 Å². The summed E-state index contributed by atoms with van der Waals surface area (Å²) in [6.07, 6.45) is -2.77. The monoisotopic (exact) mass is 234 g/mol. The molecular formula is C9H9F3N2O2. The zero-order valence-corrected chi connectivity index (χ0v) is 8.03. The van der Waals surface area contributed by atoms with Gasteiger partial charge in [-0.1, -0.05) is 0 Å². The number of aliphatic carboxylic acids is 1. The first-order valence-electron chi connectivity index (χ1n) is 4.32. The number of carboxylic acids is 1. The zero-order chi connectivity index (χ0) is 12.3. The highest BCUT2D eigenvalue weighted by Crippen LogP contribution is 2.34. The number of hydrogen-bond donors (Lipinski definition) is 2. The van der Waals surface area contributed by atoms with E-state index in [-0.39, 0.29) is 0 Å². The highest BCUT2D eigenvalue weighted by Gasteiger charge is 2.36. The first-order chi connectivity index (χ1) is 7.38. The van der Waals surface area contributed by atoms with Crippen LogP contribution < -0.4 is 5.73 Å². The number of alkyl halides is 3. The van der Waals surface area contributed by atoms with Gasteiger partial charge in [-0.3, -0.25) is 9.78 Å². The number of nitrogens with zero attached hydrogens (tertiary/aromatic N) is 1. The third kappa shape index (κ3) is 2.48. The van der Waals surface area contributed by atoms with Crippen LogP contribution >= 0.6 is 0 Å². The number of carbonyl (C=O) groups is 1. The lowest BCUT2D eigenvalue weighted by molar-refractivity contribution is -0.141. The predicted molar refractivity (Wildman–Crippen MR) is 48.7 cm³/mol. The Kier molecular flexibility index (Phi) is 3.48. The van der Waals surface area contributed by atoms with Crippen molar-refractivity contribution in [3.05, 3.63) is 29.6 Å². The molecule has 1 unspecified atom stereocenters. The van der Waals surface area contributed by atoms with Gasteiger partial charge in [0.2, 0.25) is 0 Å². The topological polar surface area (TPSA) is 76.2 Å². The molecule has 1 atom stereocenters. The normalized spacial score (nSPS) is 13.5. The number of nitrogens with two attached hydrogens (primary N) is 1. The van der Waals surface area contributed by atoms with Crippen molar-refractivity contribution in [2.24, 2.45) is 5.73 Å². The molecule has 16 heavy (non-hydrogen) atoms. The van der Waals surface area contributed by atoms with Gasteiger partial charge < -0.3 is 10.8 Å². The van der Waals surface area contributed by atoms with Gasteiger partial charge in [0.15, 0.2) is 0 Å². The predicted octanol–water partition coefficient (Wildman–Crippen LogP) is 1.23. The van der Waals surface area contributed by atoms with Gasteiger partial charge in [0, 0.05) is 18.9 Å². The lowest BCUT2D eigenvalue weighted by Crippen LogP contribution is -2.24. The molecule has 0 saturated heterocycles. The molecule has 1 aromatic rings. The Labute approximate surface area is 88.9 Å². The molecule has 1 aromatic heterocycles. The maximum Gasteiger partial charge on any atom is 0.416 e. The Bertz CT molecular complexity index is 393. The lowest BCUT2D eigenvalue weighted by atomic mass is 9.96. The second-order valence-electron chi connectivity index (χ2n) is 3.09. The van der Waals surface area contributed by atoms with Crippen molar-refractivity contribution in [3.63, 3.8) is 0 Å². The molecule has 0 aliphatic carbocycles. The van der Waals surface area contributed by atoms with Crippen LogP contribution in [-0.4, -0.2) is 22.6 Å². The molecule has 0 amide bonds. The van der Waals surface area contributed by atoms with E-state index in [0.717, 1.165) is 18.5 Å². The van der Waals surface area contributed by atoms with E-state index in [2.05, 4.69) is 4.98 Å². The van der Waals surface area contributed by atoms with E-state index in [9.17, 15) is 18.0 Å². The van der Waals surface area contributed by atoms with E-state index in [1.54, 1.807) is 0 Å². The van der Waals surface area contributed by atoms with Crippen LogP contribution in [0.2, 0.25) is 0 Å². The standard InChI is InChI=1S/C9H9F3N2O2/c10-9(11,12)7-1-2-14-4-6(7)5(3-13)8(15)16/h1-2,4-5H,3,13H2,(H,15,16). The highest BCUT2D eigenvalue weighted by atomic mass is 19.4. The van der Waals surface area contributed by atoms with Crippen LogP contribution in [0.4, 0.5) is 13.2 Å². The number of aromatic nitrogens is 1. The molecule has 4 nitrogen and oxygen atoms in total. The van der Waals surface area contributed by atoms with Crippen molar-refractivity contribution in [3.8, 4) is 0 Å². The molecule has 1 heterocycles. The summed E-state index contributed by atoms with van der Waals surface area (Å²) in [6, 6.07) is 0.737. The Morgan fingerprint density at radius 3 is 2.62 bits per heavy atom. The van der Waals surface area contributed by atoms with Crippen molar-refractivity contribution >= 4 is 5.97 Å². The van der Waals surface area contributed by atoms with Crippen LogP contribution in [0.5, 0.6) is 0 Å². The van der Waals surface area contributed by atoms with Gasteiger partial charge in [-0.2, -0.15) is 13.2 Å². The maximum absolute atomic E-state index is 12.5. The van der Waals surface area contributed by atoms with Gasteiger partial charge in [0.05, 0.1) is 11.5 Å². The summed E-state index contributed by atoms with van der Waals surface area (Å²) in [5.41, 5.74) is 3.72. The minimum Gasteiger partial charge on any atom is -0.481 e. The summed E-state index contributed by atoms with van der Waals surface area (Å²) in [5.74, 6) is -2.80. The Balaban J connectivity index is 3.27. The summed E-state index contributed by atoms with van der Waals surface area (Å²) in [6.45, 7) is -0.413. The molecule has 88 valence electrons. The van der Waals surface area contributed by atoms with Gasteiger partial charge in [0.25, 0.3) is 0 Å². The summed E-state index contributed by atoms with van der Waals surface area (Å²) < 4.78 is 37.6. The van der Waals surface area contributed by atoms with Gasteiger partial charge >= 0.3 is 12.1 Å².